The Morgan fingerprint density at radius 2 is 1.96 bits per heavy atom. The maximum Gasteiger partial charge on any atom is 0.323 e. The lowest BCUT2D eigenvalue weighted by Gasteiger charge is -2.25. The zero-order valence-corrected chi connectivity index (χ0v) is 15.0. The standard InChI is InChI=1S/C17H22N2O6S/c20-15(21)10-19-8-9-26(25)11-14(16(19)22)18-13(17(23)24)7-6-12-4-2-1-3-5-12/h1-5,13-14,18H,6-11H2,(H,20,21)(H,23,24). The van der Waals surface area contributed by atoms with Crippen LogP contribution in [-0.4, -0.2) is 73.8 Å². The smallest absolute Gasteiger partial charge is 0.323 e. The van der Waals surface area contributed by atoms with Crippen molar-refractivity contribution in [3.8, 4) is 0 Å². The van der Waals surface area contributed by atoms with Crippen molar-refractivity contribution < 1.29 is 28.8 Å². The third-order valence-electron chi connectivity index (χ3n) is 4.14. The lowest BCUT2D eigenvalue weighted by Crippen LogP contribution is -2.53. The molecule has 0 bridgehead atoms. The average molecular weight is 382 g/mol. The van der Waals surface area contributed by atoms with E-state index >= 15 is 0 Å². The maximum absolute atomic E-state index is 12.5. The lowest BCUT2D eigenvalue weighted by atomic mass is 10.0. The fourth-order valence-corrected chi connectivity index (χ4v) is 4.00. The molecule has 1 aliphatic heterocycles. The van der Waals surface area contributed by atoms with Gasteiger partial charge in [0.25, 0.3) is 0 Å². The number of carbonyl (C=O) groups is 3. The van der Waals surface area contributed by atoms with Gasteiger partial charge in [-0.05, 0) is 18.4 Å². The van der Waals surface area contributed by atoms with Crippen molar-refractivity contribution in [3.05, 3.63) is 35.9 Å². The topological polar surface area (TPSA) is 124 Å². The second-order valence-electron chi connectivity index (χ2n) is 6.10. The molecule has 1 heterocycles. The molecule has 0 aromatic heterocycles. The predicted molar refractivity (Wildman–Crippen MR) is 95.2 cm³/mol. The number of carboxylic acid groups (broad SMARTS) is 2. The van der Waals surface area contributed by atoms with Gasteiger partial charge in [-0.25, -0.2) is 0 Å². The molecule has 1 aliphatic rings. The first kappa shape index (κ1) is 20.1. The van der Waals surface area contributed by atoms with Crippen LogP contribution in [0.25, 0.3) is 0 Å². The first-order valence-corrected chi connectivity index (χ1v) is 9.74. The molecule has 1 fully saturated rings. The molecule has 0 saturated carbocycles. The Hall–Kier alpha value is -2.26. The van der Waals surface area contributed by atoms with E-state index in [2.05, 4.69) is 5.32 Å². The molecule has 142 valence electrons. The molecule has 0 radical (unpaired) electrons. The fraction of sp³-hybridized carbons (Fsp3) is 0.471. The summed E-state index contributed by atoms with van der Waals surface area (Å²) in [7, 11) is -1.32. The van der Waals surface area contributed by atoms with E-state index in [4.69, 9.17) is 5.11 Å². The summed E-state index contributed by atoms with van der Waals surface area (Å²) in [5, 5.41) is 21.2. The quantitative estimate of drug-likeness (QED) is 0.564. The molecule has 3 unspecified atom stereocenters. The predicted octanol–water partition coefficient (Wildman–Crippen LogP) is -0.294. The number of nitrogens with one attached hydrogen (secondary N) is 1. The van der Waals surface area contributed by atoms with Gasteiger partial charge in [0.15, 0.2) is 0 Å². The van der Waals surface area contributed by atoms with Gasteiger partial charge in [0, 0.05) is 28.9 Å². The fourth-order valence-electron chi connectivity index (χ4n) is 2.80. The molecule has 1 aromatic rings. The maximum atomic E-state index is 12.5. The van der Waals surface area contributed by atoms with E-state index in [1.165, 1.54) is 0 Å². The van der Waals surface area contributed by atoms with Gasteiger partial charge in [-0.2, -0.15) is 0 Å². The molecular weight excluding hydrogens is 360 g/mol. The molecule has 1 aromatic carbocycles. The minimum absolute atomic E-state index is 0.0237. The second kappa shape index (κ2) is 9.44. The SMILES string of the molecule is O=C(O)CN1CCS(=O)CC(NC(CCc2ccccc2)C(=O)O)C1=O. The van der Waals surface area contributed by atoms with Crippen LogP contribution in [0.1, 0.15) is 12.0 Å². The molecule has 0 aliphatic carbocycles. The Balaban J connectivity index is 2.06. The number of nitrogens with zero attached hydrogens (tertiary/aromatic N) is 1. The highest BCUT2D eigenvalue weighted by Gasteiger charge is 2.33. The Morgan fingerprint density at radius 1 is 1.27 bits per heavy atom. The van der Waals surface area contributed by atoms with E-state index in [0.717, 1.165) is 10.5 Å². The van der Waals surface area contributed by atoms with E-state index in [9.17, 15) is 23.7 Å². The Bertz CT molecular complexity index is 681. The number of carbonyl (C=O) groups excluding carboxylic acids is 1. The van der Waals surface area contributed by atoms with Gasteiger partial charge >= 0.3 is 11.9 Å². The number of hydrogen-bond acceptors (Lipinski definition) is 5. The molecule has 8 nitrogen and oxygen atoms in total. The third-order valence-corrected chi connectivity index (χ3v) is 5.49. The molecule has 9 heteroatoms. The van der Waals surface area contributed by atoms with Gasteiger partial charge in [0.1, 0.15) is 12.6 Å². The average Bonchev–Trinajstić information content (AvgIpc) is 2.72. The molecule has 2 rings (SSSR count). The summed E-state index contributed by atoms with van der Waals surface area (Å²) in [4.78, 5) is 36.1. The van der Waals surface area contributed by atoms with Crippen LogP contribution >= 0.6 is 0 Å². The van der Waals surface area contributed by atoms with Crippen molar-refractivity contribution in [3.63, 3.8) is 0 Å². The van der Waals surface area contributed by atoms with Crippen molar-refractivity contribution in [2.24, 2.45) is 0 Å². The third kappa shape index (κ3) is 5.92. The number of aryl methyl sites for hydroxylation is 1. The summed E-state index contributed by atoms with van der Waals surface area (Å²) < 4.78 is 12.0. The summed E-state index contributed by atoms with van der Waals surface area (Å²) in [6.07, 6.45) is 0.766. The summed E-state index contributed by atoms with van der Waals surface area (Å²) in [6.45, 7) is -0.409. The van der Waals surface area contributed by atoms with Crippen LogP contribution in [0.4, 0.5) is 0 Å². The van der Waals surface area contributed by atoms with Gasteiger partial charge in [-0.15, -0.1) is 0 Å². The number of hydrogen-bond donors (Lipinski definition) is 3. The van der Waals surface area contributed by atoms with E-state index in [1.807, 2.05) is 30.3 Å². The first-order valence-electron chi connectivity index (χ1n) is 8.25. The largest absolute Gasteiger partial charge is 0.480 e. The van der Waals surface area contributed by atoms with Crippen LogP contribution in [-0.2, 0) is 31.6 Å². The summed E-state index contributed by atoms with van der Waals surface area (Å²) in [5.74, 6) is -2.63. The van der Waals surface area contributed by atoms with Crippen LogP contribution in [0.15, 0.2) is 30.3 Å². The molecule has 3 N–H and O–H groups in total. The van der Waals surface area contributed by atoms with E-state index in [-0.39, 0.29) is 24.5 Å². The van der Waals surface area contributed by atoms with Crippen LogP contribution < -0.4 is 5.32 Å². The van der Waals surface area contributed by atoms with Crippen molar-refractivity contribution in [1.82, 2.24) is 10.2 Å². The monoisotopic (exact) mass is 382 g/mol. The molecule has 3 atom stereocenters. The highest BCUT2D eigenvalue weighted by molar-refractivity contribution is 7.85. The zero-order valence-electron chi connectivity index (χ0n) is 14.2. The minimum atomic E-state index is -1.32. The summed E-state index contributed by atoms with van der Waals surface area (Å²) >= 11 is 0. The van der Waals surface area contributed by atoms with E-state index in [1.54, 1.807) is 0 Å². The summed E-state index contributed by atoms with van der Waals surface area (Å²) in [6, 6.07) is 7.40. The van der Waals surface area contributed by atoms with Gasteiger partial charge < -0.3 is 15.1 Å². The normalized spacial score (nSPS) is 21.8. The van der Waals surface area contributed by atoms with Gasteiger partial charge in [-0.1, -0.05) is 30.3 Å². The molecule has 1 amide bonds. The zero-order chi connectivity index (χ0) is 19.1. The minimum Gasteiger partial charge on any atom is -0.480 e. The Labute approximate surface area is 153 Å². The first-order chi connectivity index (χ1) is 12.4. The van der Waals surface area contributed by atoms with Crippen LogP contribution in [0.5, 0.6) is 0 Å². The number of aliphatic carboxylic acids is 2. The van der Waals surface area contributed by atoms with Gasteiger partial charge in [-0.3, -0.25) is 23.9 Å². The van der Waals surface area contributed by atoms with Crippen molar-refractivity contribution >= 4 is 28.6 Å². The lowest BCUT2D eigenvalue weighted by molar-refractivity contribution is -0.146. The number of benzene rings is 1. The van der Waals surface area contributed by atoms with Gasteiger partial charge in [0.2, 0.25) is 5.91 Å². The van der Waals surface area contributed by atoms with Crippen LogP contribution in [0.3, 0.4) is 0 Å². The molecule has 26 heavy (non-hydrogen) atoms. The van der Waals surface area contributed by atoms with E-state index < -0.39 is 47.3 Å². The highest BCUT2D eigenvalue weighted by Crippen LogP contribution is 2.10. The molecule has 0 spiro atoms. The molecular formula is C17H22N2O6S. The number of amides is 1. The van der Waals surface area contributed by atoms with Crippen LogP contribution in [0.2, 0.25) is 0 Å². The second-order valence-corrected chi connectivity index (χ2v) is 7.72. The van der Waals surface area contributed by atoms with Crippen LogP contribution in [0, 0.1) is 0 Å². The Morgan fingerprint density at radius 3 is 2.58 bits per heavy atom. The number of rotatable bonds is 8. The van der Waals surface area contributed by atoms with E-state index in [0.29, 0.717) is 6.42 Å². The Kier molecular flexibility index (Phi) is 7.28. The van der Waals surface area contributed by atoms with Crippen molar-refractivity contribution in [1.29, 1.82) is 0 Å². The van der Waals surface area contributed by atoms with Crippen molar-refractivity contribution in [2.75, 3.05) is 24.6 Å². The summed E-state index contributed by atoms with van der Waals surface area (Å²) in [5.41, 5.74) is 0.976. The molecule has 1 saturated heterocycles. The van der Waals surface area contributed by atoms with Crippen molar-refractivity contribution in [2.45, 2.75) is 24.9 Å². The number of carboxylic acids is 2. The van der Waals surface area contributed by atoms with Gasteiger partial charge in [0.05, 0.1) is 6.04 Å². The highest BCUT2D eigenvalue weighted by atomic mass is 32.2.